The zero-order chi connectivity index (χ0) is 12.6. The van der Waals surface area contributed by atoms with E-state index in [0.29, 0.717) is 18.6 Å². The van der Waals surface area contributed by atoms with E-state index in [4.69, 9.17) is 14.7 Å². The normalized spacial score (nSPS) is 36.9. The summed E-state index contributed by atoms with van der Waals surface area (Å²) in [4.78, 5) is 2.14. The van der Waals surface area contributed by atoms with E-state index >= 15 is 0 Å². The van der Waals surface area contributed by atoms with E-state index in [0.717, 1.165) is 6.42 Å². The van der Waals surface area contributed by atoms with Crippen molar-refractivity contribution in [3.63, 3.8) is 0 Å². The van der Waals surface area contributed by atoms with Crippen LogP contribution in [0.2, 0.25) is 0 Å². The molecule has 0 aliphatic carbocycles. The smallest absolute Gasteiger partial charge is 0.163 e. The van der Waals surface area contributed by atoms with Crippen LogP contribution in [-0.4, -0.2) is 42.5 Å². The van der Waals surface area contributed by atoms with Gasteiger partial charge < -0.3 is 20.8 Å². The number of nitrogens with zero attached hydrogens (tertiary/aromatic N) is 2. The van der Waals surface area contributed by atoms with Crippen LogP contribution < -0.4 is 0 Å². The summed E-state index contributed by atoms with van der Waals surface area (Å²) in [6.07, 6.45) is 3.19. The first-order valence-corrected chi connectivity index (χ1v) is 6.21. The quantitative estimate of drug-likeness (QED) is 0.723. The van der Waals surface area contributed by atoms with Crippen LogP contribution in [0.3, 0.4) is 0 Å². The monoisotopic (exact) mass is 326 g/mol. The zero-order valence-electron chi connectivity index (χ0n) is 11.6. The molecule has 2 aliphatic heterocycles. The van der Waals surface area contributed by atoms with Gasteiger partial charge in [-0.2, -0.15) is 5.26 Å². The van der Waals surface area contributed by atoms with E-state index in [-0.39, 0.29) is 44.9 Å². The average molecular weight is 326 g/mol. The van der Waals surface area contributed by atoms with Crippen LogP contribution in [0.25, 0.3) is 0 Å². The second kappa shape index (κ2) is 6.28. The van der Waals surface area contributed by atoms with E-state index in [1.165, 1.54) is 0 Å². The van der Waals surface area contributed by atoms with Crippen molar-refractivity contribution in [1.29, 1.82) is 5.26 Å². The summed E-state index contributed by atoms with van der Waals surface area (Å²) < 4.78 is 11.5. The van der Waals surface area contributed by atoms with Gasteiger partial charge in [-0.25, -0.2) is 0 Å². The van der Waals surface area contributed by atoms with E-state index in [1.807, 2.05) is 20.9 Å². The molecule has 0 aromatic carbocycles. The number of rotatable bonds is 2. The first-order chi connectivity index (χ1) is 7.94. The Morgan fingerprint density at radius 3 is 2.61 bits per heavy atom. The van der Waals surface area contributed by atoms with Gasteiger partial charge in [-0.15, -0.1) is 12.5 Å². The summed E-state index contributed by atoms with van der Waals surface area (Å²) in [5.74, 6) is -0.120. The van der Waals surface area contributed by atoms with Gasteiger partial charge in [-0.1, -0.05) is 6.92 Å². The van der Waals surface area contributed by atoms with Gasteiger partial charge >= 0.3 is 0 Å². The Kier molecular flexibility index (Phi) is 5.77. The Labute approximate surface area is 135 Å². The molecule has 2 saturated heterocycles. The Bertz CT molecular complexity index is 329. The minimum absolute atomic E-state index is 0. The second-order valence-corrected chi connectivity index (χ2v) is 5.50. The molecule has 0 aromatic rings. The van der Waals surface area contributed by atoms with Crippen LogP contribution in [0.1, 0.15) is 27.2 Å². The molecule has 4 nitrogen and oxygen atoms in total. The van der Waals surface area contributed by atoms with E-state index in [2.05, 4.69) is 24.3 Å². The number of hydrogen-bond donors (Lipinski definition) is 0. The predicted molar refractivity (Wildman–Crippen MR) is 63.9 cm³/mol. The molecule has 0 aromatic heterocycles. The summed E-state index contributed by atoms with van der Waals surface area (Å²) in [7, 11) is 2.01. The van der Waals surface area contributed by atoms with Crippen molar-refractivity contribution < 1.29 is 42.2 Å². The van der Waals surface area contributed by atoms with Gasteiger partial charge in [0.1, 0.15) is 0 Å². The van der Waals surface area contributed by atoms with Gasteiger partial charge in [-0.05, 0) is 26.8 Å². The summed E-state index contributed by atoms with van der Waals surface area (Å²) in [5.41, 5.74) is 0. The third kappa shape index (κ3) is 3.32. The van der Waals surface area contributed by atoms with E-state index < -0.39 is 5.79 Å². The summed E-state index contributed by atoms with van der Waals surface area (Å²) in [5, 5.41) is 9.02. The second-order valence-electron chi connectivity index (χ2n) is 5.50. The SMILES string of the molecule is C[C@@H]([C@H]1[CH-]CC(C#N)N1C)[C@H]1COC(C)(C)O1.[Y]. The van der Waals surface area contributed by atoms with Gasteiger partial charge in [0.25, 0.3) is 0 Å². The number of ether oxygens (including phenoxy) is 2. The molecule has 99 valence electrons. The van der Waals surface area contributed by atoms with Crippen molar-refractivity contribution >= 4 is 0 Å². The van der Waals surface area contributed by atoms with Crippen molar-refractivity contribution in [2.24, 2.45) is 5.92 Å². The molecule has 0 saturated carbocycles. The molecule has 2 heterocycles. The van der Waals surface area contributed by atoms with Crippen LogP contribution in [0, 0.1) is 23.7 Å². The minimum Gasteiger partial charge on any atom is -0.348 e. The van der Waals surface area contributed by atoms with Crippen LogP contribution in [-0.2, 0) is 42.2 Å². The Morgan fingerprint density at radius 2 is 2.17 bits per heavy atom. The molecule has 2 aliphatic rings. The van der Waals surface area contributed by atoms with Gasteiger partial charge in [0.15, 0.2) is 5.79 Å². The van der Waals surface area contributed by atoms with Gasteiger partial charge in [-0.3, -0.25) is 0 Å². The van der Waals surface area contributed by atoms with Gasteiger partial charge in [0, 0.05) is 32.7 Å². The van der Waals surface area contributed by atoms with Gasteiger partial charge in [0.05, 0.1) is 24.8 Å². The van der Waals surface area contributed by atoms with E-state index in [1.54, 1.807) is 0 Å². The first-order valence-electron chi connectivity index (χ1n) is 6.21. The molecule has 0 spiro atoms. The third-order valence-corrected chi connectivity index (χ3v) is 3.87. The zero-order valence-corrected chi connectivity index (χ0v) is 14.4. The van der Waals surface area contributed by atoms with Crippen molar-refractivity contribution in [2.75, 3.05) is 13.7 Å². The summed E-state index contributed by atoms with van der Waals surface area (Å²) in [6, 6.07) is 2.65. The maximum Gasteiger partial charge on any atom is 0.163 e. The van der Waals surface area contributed by atoms with Crippen LogP contribution in [0.4, 0.5) is 0 Å². The first kappa shape index (κ1) is 16.5. The molecular weight excluding hydrogens is 305 g/mol. The molecule has 1 unspecified atom stereocenters. The molecule has 1 radical (unpaired) electrons. The average Bonchev–Trinajstić information content (AvgIpc) is 2.80. The number of hydrogen-bond acceptors (Lipinski definition) is 4. The summed E-state index contributed by atoms with van der Waals surface area (Å²) in [6.45, 7) is 6.70. The molecular formula is C13H21N2O2Y-. The molecule has 18 heavy (non-hydrogen) atoms. The van der Waals surface area contributed by atoms with Crippen molar-refractivity contribution in [3.05, 3.63) is 6.42 Å². The fourth-order valence-electron chi connectivity index (χ4n) is 2.73. The number of nitriles is 1. The Balaban J connectivity index is 0.00000162. The summed E-state index contributed by atoms with van der Waals surface area (Å²) >= 11 is 0. The van der Waals surface area contributed by atoms with Crippen molar-refractivity contribution in [2.45, 2.75) is 51.2 Å². The Hall–Kier alpha value is 0.474. The van der Waals surface area contributed by atoms with Crippen LogP contribution >= 0.6 is 0 Å². The maximum absolute atomic E-state index is 9.02. The van der Waals surface area contributed by atoms with Crippen LogP contribution in [0.15, 0.2) is 0 Å². The Morgan fingerprint density at radius 1 is 1.50 bits per heavy atom. The van der Waals surface area contributed by atoms with E-state index in [9.17, 15) is 0 Å². The van der Waals surface area contributed by atoms with Gasteiger partial charge in [0.2, 0.25) is 0 Å². The minimum atomic E-state index is -0.468. The predicted octanol–water partition coefficient (Wildman–Crippen LogP) is 1.57. The maximum atomic E-state index is 9.02. The van der Waals surface area contributed by atoms with Crippen LogP contribution in [0.5, 0.6) is 0 Å². The fraction of sp³-hybridized carbons (Fsp3) is 0.846. The van der Waals surface area contributed by atoms with Crippen molar-refractivity contribution in [3.8, 4) is 6.07 Å². The number of likely N-dealkylation sites (tertiary alicyclic amines) is 1. The third-order valence-electron chi connectivity index (χ3n) is 3.87. The fourth-order valence-corrected chi connectivity index (χ4v) is 2.73. The standard InChI is InChI=1S/C13H21N2O2.Y/c1-9(12-8-16-13(2,3)17-12)11-6-5-10(7-14)15(11)4;/h6,9-12H,5,8H2,1-4H3;/q-1;/t9-,10?,11+,12+;/m0./s1. The molecule has 0 bridgehead atoms. The topological polar surface area (TPSA) is 45.5 Å². The molecule has 0 N–H and O–H groups in total. The molecule has 5 heteroatoms. The molecule has 0 amide bonds. The molecule has 2 rings (SSSR count). The molecule has 4 atom stereocenters. The molecule has 2 fully saturated rings. The largest absolute Gasteiger partial charge is 0.348 e. The van der Waals surface area contributed by atoms with Crippen molar-refractivity contribution in [1.82, 2.24) is 4.90 Å².